The van der Waals surface area contributed by atoms with E-state index in [0.717, 1.165) is 17.1 Å². The molecule has 0 fully saturated rings. The van der Waals surface area contributed by atoms with Gasteiger partial charge < -0.3 is 25.0 Å². The van der Waals surface area contributed by atoms with Gasteiger partial charge in [-0.25, -0.2) is 4.98 Å². The van der Waals surface area contributed by atoms with Crippen LogP contribution in [0.5, 0.6) is 11.5 Å². The second kappa shape index (κ2) is 7.90. The van der Waals surface area contributed by atoms with Crippen LogP contribution in [-0.4, -0.2) is 49.9 Å². The molecule has 8 heteroatoms. The number of hydrogen-bond acceptors (Lipinski definition) is 7. The first-order chi connectivity index (χ1) is 12.5. The van der Waals surface area contributed by atoms with Gasteiger partial charge in [-0.2, -0.15) is 4.98 Å². The molecule has 2 N–H and O–H groups in total. The van der Waals surface area contributed by atoms with Crippen molar-refractivity contribution in [3.05, 3.63) is 35.5 Å². The molecule has 26 heavy (non-hydrogen) atoms. The number of aryl methyl sites for hydroxylation is 1. The molecule has 0 atom stereocenters. The van der Waals surface area contributed by atoms with Crippen molar-refractivity contribution >= 4 is 17.7 Å². The van der Waals surface area contributed by atoms with Crippen molar-refractivity contribution in [1.82, 2.24) is 15.3 Å². The molecule has 3 rings (SSSR count). The van der Waals surface area contributed by atoms with Crippen molar-refractivity contribution < 1.29 is 14.3 Å². The lowest BCUT2D eigenvalue weighted by Gasteiger charge is -2.14. The van der Waals surface area contributed by atoms with Crippen molar-refractivity contribution in [2.24, 2.45) is 0 Å². The Morgan fingerprint density at radius 1 is 1.15 bits per heavy atom. The number of amides is 1. The Morgan fingerprint density at radius 2 is 1.96 bits per heavy atom. The first-order valence-electron chi connectivity index (χ1n) is 8.43. The fourth-order valence-electron chi connectivity index (χ4n) is 2.54. The van der Waals surface area contributed by atoms with Crippen LogP contribution in [0.1, 0.15) is 11.3 Å². The molecule has 2 heterocycles. The second-order valence-electron chi connectivity index (χ2n) is 6.23. The SMILES string of the molecule is Cc1cc(N(C)C)nc(NCCNC(=O)Cc2ccc3c(c2)OCO3)n1. The molecule has 0 saturated carbocycles. The number of benzene rings is 1. The van der Waals surface area contributed by atoms with Gasteiger partial charge in [-0.05, 0) is 24.6 Å². The zero-order chi connectivity index (χ0) is 18.5. The number of nitrogens with one attached hydrogen (secondary N) is 2. The third-order valence-corrected chi connectivity index (χ3v) is 3.83. The van der Waals surface area contributed by atoms with Crippen molar-refractivity contribution in [2.45, 2.75) is 13.3 Å². The number of aromatic nitrogens is 2. The van der Waals surface area contributed by atoms with Crippen LogP contribution < -0.4 is 25.0 Å². The zero-order valence-corrected chi connectivity index (χ0v) is 15.2. The van der Waals surface area contributed by atoms with Crippen molar-refractivity contribution in [3.8, 4) is 11.5 Å². The van der Waals surface area contributed by atoms with Gasteiger partial charge in [-0.1, -0.05) is 6.07 Å². The summed E-state index contributed by atoms with van der Waals surface area (Å²) in [5, 5.41) is 6.02. The number of carbonyl (C=O) groups excluding carboxylic acids is 1. The van der Waals surface area contributed by atoms with E-state index in [4.69, 9.17) is 9.47 Å². The lowest BCUT2D eigenvalue weighted by molar-refractivity contribution is -0.120. The number of ether oxygens (including phenoxy) is 2. The van der Waals surface area contributed by atoms with Gasteiger partial charge in [-0.15, -0.1) is 0 Å². The van der Waals surface area contributed by atoms with Gasteiger partial charge in [0.25, 0.3) is 0 Å². The summed E-state index contributed by atoms with van der Waals surface area (Å²) >= 11 is 0. The quantitative estimate of drug-likeness (QED) is 0.723. The standard InChI is InChI=1S/C18H23N5O3/c1-12-8-16(23(2)3)22-18(21-12)20-7-6-19-17(24)10-13-4-5-14-15(9-13)26-11-25-14/h4-5,8-9H,6-7,10-11H2,1-3H3,(H,19,24)(H,20,21,22). The van der Waals surface area contributed by atoms with E-state index in [9.17, 15) is 4.79 Å². The molecule has 1 aromatic carbocycles. The van der Waals surface area contributed by atoms with Crippen molar-refractivity contribution in [1.29, 1.82) is 0 Å². The van der Waals surface area contributed by atoms with E-state index >= 15 is 0 Å². The Hall–Kier alpha value is -3.03. The fraction of sp³-hybridized carbons (Fsp3) is 0.389. The molecule has 2 aromatic rings. The normalized spacial score (nSPS) is 12.0. The zero-order valence-electron chi connectivity index (χ0n) is 15.2. The molecule has 1 aliphatic rings. The van der Waals surface area contributed by atoms with Gasteiger partial charge in [0.1, 0.15) is 5.82 Å². The van der Waals surface area contributed by atoms with E-state index in [0.29, 0.717) is 37.0 Å². The smallest absolute Gasteiger partial charge is 0.231 e. The molecule has 0 bridgehead atoms. The molecule has 138 valence electrons. The van der Waals surface area contributed by atoms with Crippen LogP contribution in [0.15, 0.2) is 24.3 Å². The monoisotopic (exact) mass is 357 g/mol. The molecule has 8 nitrogen and oxygen atoms in total. The Labute approximate surface area is 152 Å². The molecule has 0 radical (unpaired) electrons. The maximum Gasteiger partial charge on any atom is 0.231 e. The van der Waals surface area contributed by atoms with Gasteiger partial charge in [0.2, 0.25) is 18.6 Å². The minimum absolute atomic E-state index is 0.0511. The van der Waals surface area contributed by atoms with E-state index < -0.39 is 0 Å². The number of rotatable bonds is 7. The van der Waals surface area contributed by atoms with E-state index in [1.165, 1.54) is 0 Å². The lowest BCUT2D eigenvalue weighted by Crippen LogP contribution is -2.30. The van der Waals surface area contributed by atoms with Gasteiger partial charge >= 0.3 is 0 Å². The summed E-state index contributed by atoms with van der Waals surface area (Å²) in [5.41, 5.74) is 1.77. The third-order valence-electron chi connectivity index (χ3n) is 3.83. The second-order valence-corrected chi connectivity index (χ2v) is 6.23. The first kappa shape index (κ1) is 17.8. The third kappa shape index (κ3) is 4.53. The topological polar surface area (TPSA) is 88.6 Å². The largest absolute Gasteiger partial charge is 0.454 e. The number of fused-ring (bicyclic) bond motifs is 1. The molecule has 0 aliphatic carbocycles. The molecule has 0 unspecified atom stereocenters. The average Bonchev–Trinajstić information content (AvgIpc) is 3.06. The lowest BCUT2D eigenvalue weighted by atomic mass is 10.1. The van der Waals surface area contributed by atoms with Crippen LogP contribution in [0.3, 0.4) is 0 Å². The Bertz CT molecular complexity index is 794. The summed E-state index contributed by atoms with van der Waals surface area (Å²) in [6.45, 7) is 3.18. The minimum atomic E-state index is -0.0511. The Morgan fingerprint density at radius 3 is 2.77 bits per heavy atom. The van der Waals surface area contributed by atoms with Crippen molar-refractivity contribution in [2.75, 3.05) is 44.2 Å². The van der Waals surface area contributed by atoms with E-state index in [2.05, 4.69) is 20.6 Å². The Balaban J connectivity index is 1.44. The summed E-state index contributed by atoms with van der Waals surface area (Å²) in [4.78, 5) is 22.8. The van der Waals surface area contributed by atoms with E-state index in [1.807, 2.05) is 50.2 Å². The first-order valence-corrected chi connectivity index (χ1v) is 8.43. The van der Waals surface area contributed by atoms with Gasteiger partial charge in [0.05, 0.1) is 6.42 Å². The molecular formula is C18H23N5O3. The summed E-state index contributed by atoms with van der Waals surface area (Å²) in [7, 11) is 3.86. The van der Waals surface area contributed by atoms with Crippen LogP contribution in [0, 0.1) is 6.92 Å². The predicted molar refractivity (Wildman–Crippen MR) is 98.9 cm³/mol. The van der Waals surface area contributed by atoms with Crippen LogP contribution in [0.2, 0.25) is 0 Å². The van der Waals surface area contributed by atoms with E-state index in [1.54, 1.807) is 0 Å². The van der Waals surface area contributed by atoms with Gasteiger partial charge in [0, 0.05) is 38.9 Å². The van der Waals surface area contributed by atoms with Gasteiger partial charge in [-0.3, -0.25) is 4.79 Å². The summed E-state index contributed by atoms with van der Waals surface area (Å²) in [5.74, 6) is 2.74. The predicted octanol–water partition coefficient (Wildman–Crippen LogP) is 1.35. The van der Waals surface area contributed by atoms with Gasteiger partial charge in [0.15, 0.2) is 11.5 Å². The maximum atomic E-state index is 12.1. The molecule has 0 spiro atoms. The van der Waals surface area contributed by atoms with E-state index in [-0.39, 0.29) is 12.7 Å². The highest BCUT2D eigenvalue weighted by Crippen LogP contribution is 2.32. The number of carbonyl (C=O) groups is 1. The molecule has 1 amide bonds. The summed E-state index contributed by atoms with van der Waals surface area (Å²) in [6.07, 6.45) is 0.294. The minimum Gasteiger partial charge on any atom is -0.454 e. The van der Waals surface area contributed by atoms with Crippen LogP contribution >= 0.6 is 0 Å². The molecule has 1 aromatic heterocycles. The Kier molecular flexibility index (Phi) is 5.40. The van der Waals surface area contributed by atoms with Crippen LogP contribution in [-0.2, 0) is 11.2 Å². The molecule has 1 aliphatic heterocycles. The average molecular weight is 357 g/mol. The highest BCUT2D eigenvalue weighted by molar-refractivity contribution is 5.78. The number of anilines is 2. The molecule has 0 saturated heterocycles. The highest BCUT2D eigenvalue weighted by atomic mass is 16.7. The summed E-state index contributed by atoms with van der Waals surface area (Å²) in [6, 6.07) is 7.44. The van der Waals surface area contributed by atoms with Crippen LogP contribution in [0.25, 0.3) is 0 Å². The maximum absolute atomic E-state index is 12.1. The van der Waals surface area contributed by atoms with Crippen molar-refractivity contribution in [3.63, 3.8) is 0 Å². The number of nitrogens with zero attached hydrogens (tertiary/aromatic N) is 3. The fourth-order valence-corrected chi connectivity index (χ4v) is 2.54. The highest BCUT2D eigenvalue weighted by Gasteiger charge is 2.14. The summed E-state index contributed by atoms with van der Waals surface area (Å²) < 4.78 is 10.6. The number of hydrogen-bond donors (Lipinski definition) is 2. The molecular weight excluding hydrogens is 334 g/mol. The van der Waals surface area contributed by atoms with Crippen LogP contribution in [0.4, 0.5) is 11.8 Å².